The summed E-state index contributed by atoms with van der Waals surface area (Å²) in [5.41, 5.74) is -7.13. The van der Waals surface area contributed by atoms with Crippen LogP contribution in [-0.4, -0.2) is 48.9 Å². The van der Waals surface area contributed by atoms with Crippen molar-refractivity contribution in [2.24, 2.45) is 0 Å². The van der Waals surface area contributed by atoms with E-state index in [2.05, 4.69) is 4.18 Å². The Morgan fingerprint density at radius 1 is 1.16 bits per heavy atom. The minimum atomic E-state index is -4.56. The molecular weight excluding hydrogens is 288 g/mol. The van der Waals surface area contributed by atoms with Gasteiger partial charge >= 0.3 is 0 Å². The highest BCUT2D eigenvalue weighted by molar-refractivity contribution is 7.86. The van der Waals surface area contributed by atoms with E-state index in [1.165, 1.54) is 0 Å². The van der Waals surface area contributed by atoms with Crippen molar-refractivity contribution < 1.29 is 47.4 Å². The Balaban J connectivity index is 6.00. The van der Waals surface area contributed by atoms with Gasteiger partial charge in [-0.15, -0.1) is 0 Å². The van der Waals surface area contributed by atoms with Crippen molar-refractivity contribution in [3.05, 3.63) is 0 Å². The second-order valence-corrected chi connectivity index (χ2v) is 5.38. The molecule has 0 aliphatic rings. The average molecular weight is 297 g/mol. The number of carbonyl (C=O) groups is 3. The molecule has 2 atom stereocenters. The monoisotopic (exact) mass is 297 g/mol. The topological polar surface area (TPSA) is 184 Å². The highest BCUT2D eigenvalue weighted by Crippen LogP contribution is 2.30. The Bertz CT molecular complexity index is 508. The molecule has 1 N–H and O–H groups in total. The number of carbonyl (C=O) groups excluding carboxylic acids is 3. The van der Waals surface area contributed by atoms with Crippen LogP contribution in [0.4, 0.5) is 0 Å². The minimum absolute atomic E-state index is 0.322. The van der Waals surface area contributed by atoms with Gasteiger partial charge in [0.05, 0.1) is 18.2 Å². The second kappa shape index (κ2) is 5.11. The lowest BCUT2D eigenvalue weighted by Gasteiger charge is -2.44. The summed E-state index contributed by atoms with van der Waals surface area (Å²) in [5, 5.41) is 41.6. The lowest BCUT2D eigenvalue weighted by molar-refractivity contribution is -0.358. The van der Waals surface area contributed by atoms with E-state index in [0.717, 1.165) is 0 Å². The zero-order valence-electron chi connectivity index (χ0n) is 9.74. The van der Waals surface area contributed by atoms with E-state index in [0.29, 0.717) is 13.2 Å². The molecule has 0 fully saturated rings. The van der Waals surface area contributed by atoms with Crippen LogP contribution in [0.5, 0.6) is 0 Å². The minimum Gasteiger partial charge on any atom is -0.550 e. The van der Waals surface area contributed by atoms with Crippen LogP contribution in [0, 0.1) is 0 Å². The van der Waals surface area contributed by atoms with Gasteiger partial charge in [-0.05, 0) is 6.92 Å². The molecule has 0 saturated carbocycles. The van der Waals surface area contributed by atoms with Crippen molar-refractivity contribution in [1.82, 2.24) is 0 Å². The third kappa shape index (κ3) is 3.62. The Kier molecular flexibility index (Phi) is 4.65. The van der Waals surface area contributed by atoms with Gasteiger partial charge in [0.1, 0.15) is 5.60 Å². The van der Waals surface area contributed by atoms with Crippen LogP contribution in [0.25, 0.3) is 0 Å². The van der Waals surface area contributed by atoms with E-state index in [1.807, 2.05) is 0 Å². The molecule has 0 rings (SSSR count). The summed E-state index contributed by atoms with van der Waals surface area (Å²) < 4.78 is 25.8. The zero-order valence-corrected chi connectivity index (χ0v) is 10.6. The van der Waals surface area contributed by atoms with E-state index in [1.54, 1.807) is 0 Å². The maximum atomic E-state index is 10.9. The second-order valence-electron chi connectivity index (χ2n) is 3.80. The molecule has 0 aromatic rings. The summed E-state index contributed by atoms with van der Waals surface area (Å²) in [4.78, 5) is 32.0. The Hall–Kier alpha value is -1.72. The van der Waals surface area contributed by atoms with Crippen molar-refractivity contribution in [3.8, 4) is 0 Å². The first-order chi connectivity index (χ1) is 8.26. The average Bonchev–Trinajstić information content (AvgIpc) is 2.12. The predicted molar refractivity (Wildman–Crippen MR) is 48.9 cm³/mol. The SMILES string of the molecule is CC(OS(C)(=O)=O)(C(=O)[O-])C(O)(CC(=O)[O-])C(=O)[O-]. The molecule has 2 unspecified atom stereocenters. The number of carboxylic acid groups (broad SMARTS) is 3. The van der Waals surface area contributed by atoms with E-state index < -0.39 is 45.6 Å². The van der Waals surface area contributed by atoms with E-state index >= 15 is 0 Å². The Morgan fingerprint density at radius 2 is 1.58 bits per heavy atom. The molecule has 0 amide bonds. The first kappa shape index (κ1) is 17.3. The summed E-state index contributed by atoms with van der Waals surface area (Å²) in [7, 11) is -4.56. The van der Waals surface area contributed by atoms with E-state index in [4.69, 9.17) is 0 Å². The zero-order chi connectivity index (χ0) is 15.6. The number of aliphatic hydroxyl groups is 1. The molecule has 0 aromatic heterocycles. The fourth-order valence-electron chi connectivity index (χ4n) is 1.22. The smallest absolute Gasteiger partial charge is 0.265 e. The normalized spacial score (nSPS) is 18.1. The van der Waals surface area contributed by atoms with E-state index in [-0.39, 0.29) is 0 Å². The van der Waals surface area contributed by atoms with Crippen LogP contribution in [-0.2, 0) is 28.7 Å². The fourth-order valence-corrected chi connectivity index (χ4v) is 2.03. The third-order valence-electron chi connectivity index (χ3n) is 2.23. The van der Waals surface area contributed by atoms with Crippen molar-refractivity contribution in [2.45, 2.75) is 24.5 Å². The maximum Gasteiger partial charge on any atom is 0.265 e. The van der Waals surface area contributed by atoms with Crippen molar-refractivity contribution in [3.63, 3.8) is 0 Å². The molecule has 0 radical (unpaired) electrons. The summed E-state index contributed by atoms with van der Waals surface area (Å²) in [6, 6.07) is 0. The van der Waals surface area contributed by atoms with Crippen LogP contribution < -0.4 is 15.3 Å². The van der Waals surface area contributed by atoms with Crippen LogP contribution in [0.1, 0.15) is 13.3 Å². The molecule has 19 heavy (non-hydrogen) atoms. The third-order valence-corrected chi connectivity index (χ3v) is 2.87. The molecule has 0 aromatic carbocycles. The number of hydrogen-bond acceptors (Lipinski definition) is 10. The van der Waals surface area contributed by atoms with Crippen LogP contribution in [0.15, 0.2) is 0 Å². The van der Waals surface area contributed by atoms with E-state index in [9.17, 15) is 43.2 Å². The number of carboxylic acids is 3. The fraction of sp³-hybridized carbons (Fsp3) is 0.625. The van der Waals surface area contributed by atoms with Crippen LogP contribution >= 0.6 is 0 Å². The van der Waals surface area contributed by atoms with Gasteiger partial charge in [-0.1, -0.05) is 0 Å². The largest absolute Gasteiger partial charge is 0.550 e. The number of hydrogen-bond donors (Lipinski definition) is 1. The molecule has 0 bridgehead atoms. The first-order valence-electron chi connectivity index (χ1n) is 4.52. The van der Waals surface area contributed by atoms with Gasteiger partial charge < -0.3 is 34.8 Å². The highest BCUT2D eigenvalue weighted by atomic mass is 32.2. The molecular formula is C8H9O10S-3. The van der Waals surface area contributed by atoms with Gasteiger partial charge in [0, 0.05) is 12.4 Å². The highest BCUT2D eigenvalue weighted by Gasteiger charge is 2.53. The summed E-state index contributed by atoms with van der Waals surface area (Å²) in [5.74, 6) is -7.21. The van der Waals surface area contributed by atoms with Crippen molar-refractivity contribution >= 4 is 28.0 Å². The van der Waals surface area contributed by atoms with Gasteiger partial charge in [-0.25, -0.2) is 0 Å². The molecule has 110 valence electrons. The van der Waals surface area contributed by atoms with Crippen LogP contribution in [0.2, 0.25) is 0 Å². The molecule has 0 aliphatic carbocycles. The number of rotatable bonds is 7. The molecule has 11 heteroatoms. The standard InChI is InChI=1S/C8H12O10S/c1-7(5(11)12,18-19(2,16)17)8(15,6(13)14)3-4(9)10/h15H,3H2,1-2H3,(H,9,10)(H,11,12)(H,13,14)/p-3. The molecule has 0 aliphatic heterocycles. The van der Waals surface area contributed by atoms with Crippen molar-refractivity contribution in [2.75, 3.05) is 6.26 Å². The summed E-state index contributed by atoms with van der Waals surface area (Å²) >= 11 is 0. The van der Waals surface area contributed by atoms with Crippen LogP contribution in [0.3, 0.4) is 0 Å². The summed E-state index contributed by atoms with van der Waals surface area (Å²) in [6.45, 7) is 0.322. The lowest BCUT2D eigenvalue weighted by atomic mass is 9.81. The molecule has 0 saturated heterocycles. The van der Waals surface area contributed by atoms with Gasteiger partial charge in [0.25, 0.3) is 10.1 Å². The first-order valence-corrected chi connectivity index (χ1v) is 6.33. The summed E-state index contributed by atoms with van der Waals surface area (Å²) in [6.07, 6.45) is -1.42. The number of aliphatic carboxylic acids is 3. The quantitative estimate of drug-likeness (QED) is 0.443. The van der Waals surface area contributed by atoms with Gasteiger partial charge in [0.2, 0.25) is 0 Å². The Labute approximate surface area is 107 Å². The van der Waals surface area contributed by atoms with Gasteiger partial charge in [-0.3, -0.25) is 4.18 Å². The lowest BCUT2D eigenvalue weighted by Crippen LogP contribution is -2.71. The predicted octanol–water partition coefficient (Wildman–Crippen LogP) is -5.91. The van der Waals surface area contributed by atoms with Gasteiger partial charge in [0.15, 0.2) is 5.60 Å². The molecule has 10 nitrogen and oxygen atoms in total. The van der Waals surface area contributed by atoms with Crippen molar-refractivity contribution in [1.29, 1.82) is 0 Å². The molecule has 0 heterocycles. The molecule has 0 spiro atoms. The van der Waals surface area contributed by atoms with Gasteiger partial charge in [-0.2, -0.15) is 8.42 Å². The Morgan fingerprint density at radius 3 is 1.79 bits per heavy atom. The maximum absolute atomic E-state index is 10.9.